The van der Waals surface area contributed by atoms with E-state index in [2.05, 4.69) is 15.5 Å². The van der Waals surface area contributed by atoms with Gasteiger partial charge in [-0.25, -0.2) is 4.79 Å². The molecule has 3 aromatic rings. The summed E-state index contributed by atoms with van der Waals surface area (Å²) in [5.41, 5.74) is 3.05. The van der Waals surface area contributed by atoms with Gasteiger partial charge in [0.2, 0.25) is 5.91 Å². The van der Waals surface area contributed by atoms with E-state index in [9.17, 15) is 19.8 Å². The Balaban J connectivity index is 1.31. The third-order valence-electron chi connectivity index (χ3n) is 9.05. The molecule has 264 valence electrons. The van der Waals surface area contributed by atoms with Crippen LogP contribution in [0.3, 0.4) is 0 Å². The van der Waals surface area contributed by atoms with Crippen molar-refractivity contribution in [3.05, 3.63) is 101 Å². The molecule has 0 unspecified atom stereocenters. The highest BCUT2D eigenvalue weighted by Crippen LogP contribution is 2.32. The zero-order chi connectivity index (χ0) is 34.8. The van der Waals surface area contributed by atoms with Crippen LogP contribution < -0.4 is 15.4 Å². The van der Waals surface area contributed by atoms with Gasteiger partial charge < -0.3 is 30.3 Å². The average molecular weight is 690 g/mol. The van der Waals surface area contributed by atoms with Crippen molar-refractivity contribution in [2.24, 2.45) is 5.92 Å². The lowest BCUT2D eigenvalue weighted by Crippen LogP contribution is -2.48. The van der Waals surface area contributed by atoms with Gasteiger partial charge in [-0.2, -0.15) is 11.8 Å². The van der Waals surface area contributed by atoms with E-state index in [-0.39, 0.29) is 12.3 Å². The fraction of sp³-hybridized carbons (Fsp3) is 0.487. The second-order valence-corrected chi connectivity index (χ2v) is 15.3. The van der Waals surface area contributed by atoms with Gasteiger partial charge in [-0.3, -0.25) is 9.69 Å². The number of rotatable bonds is 14. The number of ether oxygens (including phenoxy) is 2. The molecule has 1 fully saturated rings. The highest BCUT2D eigenvalue weighted by atomic mass is 32.2. The summed E-state index contributed by atoms with van der Waals surface area (Å²) >= 11 is 1.99. The molecule has 1 aliphatic carbocycles. The molecule has 2 amide bonds. The minimum absolute atomic E-state index is 0.0793. The van der Waals surface area contributed by atoms with Crippen LogP contribution in [-0.2, 0) is 28.8 Å². The summed E-state index contributed by atoms with van der Waals surface area (Å²) in [5.74, 6) is 2.17. The first-order valence-corrected chi connectivity index (χ1v) is 18.5. The molecule has 10 heteroatoms. The van der Waals surface area contributed by atoms with E-state index < -0.39 is 41.9 Å². The molecule has 5 rings (SSSR count). The third-order valence-corrected chi connectivity index (χ3v) is 9.99. The van der Waals surface area contributed by atoms with Crippen LogP contribution in [0.5, 0.6) is 5.75 Å². The number of aliphatic hydroxyl groups excluding tert-OH is 2. The third kappa shape index (κ3) is 11.2. The molecule has 3 aromatic carbocycles. The molecule has 9 nitrogen and oxygen atoms in total. The fourth-order valence-corrected chi connectivity index (χ4v) is 7.47. The Morgan fingerprint density at radius 2 is 1.61 bits per heavy atom. The van der Waals surface area contributed by atoms with Crippen LogP contribution in [0.15, 0.2) is 78.9 Å². The van der Waals surface area contributed by atoms with E-state index in [1.165, 1.54) is 0 Å². The molecular weight excluding hydrogens is 639 g/mol. The first-order valence-electron chi connectivity index (χ1n) is 17.3. The SMILES string of the molecule is CC(C)(C)OC(=O)N[C@@H](Cc1ccccc1)[C@@H](O)C[C@H](Cc1ccc(OCCN2CCSCC2)cc1)C(=O)N[C@H]1c2ccccc2C[C@H]1O. The fourth-order valence-electron chi connectivity index (χ4n) is 6.49. The molecule has 1 heterocycles. The normalized spacial score (nSPS) is 19.7. The van der Waals surface area contributed by atoms with Gasteiger partial charge in [0.05, 0.1) is 24.3 Å². The Morgan fingerprint density at radius 3 is 2.33 bits per heavy atom. The van der Waals surface area contributed by atoms with Crippen LogP contribution in [0.4, 0.5) is 4.79 Å². The summed E-state index contributed by atoms with van der Waals surface area (Å²) < 4.78 is 11.6. The number of thioether (sulfide) groups is 1. The number of aliphatic hydroxyl groups is 2. The Bertz CT molecular complexity index is 1490. The van der Waals surface area contributed by atoms with Crippen molar-refractivity contribution in [2.75, 3.05) is 37.7 Å². The second-order valence-electron chi connectivity index (χ2n) is 14.0. The lowest BCUT2D eigenvalue weighted by molar-refractivity contribution is -0.127. The van der Waals surface area contributed by atoms with E-state index in [1.807, 2.05) is 90.6 Å². The number of carbonyl (C=O) groups excluding carboxylic acids is 2. The Labute approximate surface area is 294 Å². The van der Waals surface area contributed by atoms with Crippen LogP contribution in [0.2, 0.25) is 0 Å². The maximum atomic E-state index is 14.1. The molecule has 1 saturated heterocycles. The molecule has 4 N–H and O–H groups in total. The monoisotopic (exact) mass is 689 g/mol. The van der Waals surface area contributed by atoms with Crippen LogP contribution in [-0.4, -0.2) is 88.7 Å². The topological polar surface area (TPSA) is 120 Å². The smallest absolute Gasteiger partial charge is 0.407 e. The molecule has 0 saturated carbocycles. The molecular formula is C39H51N3O6S. The van der Waals surface area contributed by atoms with Gasteiger partial charge in [0.25, 0.3) is 0 Å². The number of benzene rings is 3. The van der Waals surface area contributed by atoms with Crippen molar-refractivity contribution in [2.45, 2.75) is 76.3 Å². The van der Waals surface area contributed by atoms with Gasteiger partial charge in [-0.15, -0.1) is 0 Å². The van der Waals surface area contributed by atoms with E-state index in [0.717, 1.165) is 59.1 Å². The number of fused-ring (bicyclic) bond motifs is 1. The molecule has 0 radical (unpaired) electrons. The quantitative estimate of drug-likeness (QED) is 0.188. The molecule has 0 bridgehead atoms. The van der Waals surface area contributed by atoms with Gasteiger partial charge in [-0.1, -0.05) is 66.7 Å². The number of nitrogens with zero attached hydrogens (tertiary/aromatic N) is 1. The predicted octanol–water partition coefficient (Wildman–Crippen LogP) is 4.93. The molecule has 5 atom stereocenters. The van der Waals surface area contributed by atoms with Gasteiger partial charge in [-0.05, 0) is 74.4 Å². The maximum absolute atomic E-state index is 14.1. The van der Waals surface area contributed by atoms with E-state index in [1.54, 1.807) is 20.8 Å². The van der Waals surface area contributed by atoms with Gasteiger partial charge in [0.15, 0.2) is 0 Å². The summed E-state index contributed by atoms with van der Waals surface area (Å²) in [7, 11) is 0. The largest absolute Gasteiger partial charge is 0.492 e. The van der Waals surface area contributed by atoms with Gasteiger partial charge in [0, 0.05) is 43.5 Å². The Hall–Kier alpha value is -3.57. The first-order chi connectivity index (χ1) is 23.5. The van der Waals surface area contributed by atoms with Crippen molar-refractivity contribution in [1.29, 1.82) is 0 Å². The minimum atomic E-state index is -1.07. The standard InChI is InChI=1S/C39H51N3O6S/c1-39(2,3)48-38(46)40-33(24-27-9-5-4-6-10-27)34(43)26-30(37(45)41-36-32-12-8-7-11-29(32)25-35(36)44)23-28-13-15-31(16-14-28)47-20-17-42-18-21-49-22-19-42/h4-16,30,33-36,43-44H,17-26H2,1-3H3,(H,40,46)(H,41,45)/t30-,33-,34-,35+,36-/m0/s1. The van der Waals surface area contributed by atoms with Gasteiger partial charge >= 0.3 is 6.09 Å². The maximum Gasteiger partial charge on any atom is 0.407 e. The first kappa shape index (κ1) is 36.7. The van der Waals surface area contributed by atoms with Crippen molar-refractivity contribution in [3.63, 3.8) is 0 Å². The van der Waals surface area contributed by atoms with E-state index in [4.69, 9.17) is 9.47 Å². The second kappa shape index (κ2) is 17.4. The Kier molecular flexibility index (Phi) is 13.0. The van der Waals surface area contributed by atoms with Crippen LogP contribution in [0, 0.1) is 5.92 Å². The number of amides is 2. The summed E-state index contributed by atoms with van der Waals surface area (Å²) in [6, 6.07) is 23.9. The lowest BCUT2D eigenvalue weighted by Gasteiger charge is -2.30. The molecule has 0 aromatic heterocycles. The number of alkyl carbamates (subject to hydrolysis) is 1. The summed E-state index contributed by atoms with van der Waals surface area (Å²) in [6.07, 6.45) is -1.20. The molecule has 0 spiro atoms. The number of hydrogen-bond acceptors (Lipinski definition) is 8. The van der Waals surface area contributed by atoms with E-state index >= 15 is 0 Å². The highest BCUT2D eigenvalue weighted by Gasteiger charge is 2.35. The predicted molar refractivity (Wildman–Crippen MR) is 194 cm³/mol. The summed E-state index contributed by atoms with van der Waals surface area (Å²) in [6.45, 7) is 9.04. The summed E-state index contributed by atoms with van der Waals surface area (Å²) in [4.78, 5) is 29.4. The number of hydrogen-bond donors (Lipinski definition) is 4. The van der Waals surface area contributed by atoms with E-state index in [0.29, 0.717) is 25.9 Å². The molecule has 1 aliphatic heterocycles. The number of nitrogens with one attached hydrogen (secondary N) is 2. The van der Waals surface area contributed by atoms with Crippen molar-refractivity contribution < 1.29 is 29.3 Å². The molecule has 2 aliphatic rings. The van der Waals surface area contributed by atoms with Crippen molar-refractivity contribution in [3.8, 4) is 5.75 Å². The van der Waals surface area contributed by atoms with Crippen LogP contribution in [0.1, 0.15) is 55.5 Å². The van der Waals surface area contributed by atoms with Gasteiger partial charge in [0.1, 0.15) is 18.0 Å². The van der Waals surface area contributed by atoms with Crippen LogP contribution in [0.25, 0.3) is 0 Å². The lowest BCUT2D eigenvalue weighted by atomic mass is 9.88. The average Bonchev–Trinajstić information content (AvgIpc) is 3.39. The number of carbonyl (C=O) groups is 2. The van der Waals surface area contributed by atoms with Crippen LogP contribution >= 0.6 is 11.8 Å². The summed E-state index contributed by atoms with van der Waals surface area (Å²) in [5, 5.41) is 28.6. The molecule has 49 heavy (non-hydrogen) atoms. The zero-order valence-electron chi connectivity index (χ0n) is 28.8. The minimum Gasteiger partial charge on any atom is -0.492 e. The zero-order valence-corrected chi connectivity index (χ0v) is 29.7. The van der Waals surface area contributed by atoms with Crippen molar-refractivity contribution >= 4 is 23.8 Å². The Morgan fingerprint density at radius 1 is 0.939 bits per heavy atom. The van der Waals surface area contributed by atoms with Crippen molar-refractivity contribution in [1.82, 2.24) is 15.5 Å². The highest BCUT2D eigenvalue weighted by molar-refractivity contribution is 7.99.